The number of fused-ring (bicyclic) bond motifs is 1. The summed E-state index contributed by atoms with van der Waals surface area (Å²) in [6.07, 6.45) is 0.586. The van der Waals surface area contributed by atoms with E-state index in [1.165, 1.54) is 11.1 Å². The standard InChI is InChI=1S/C26H27FN4O3/c1-16-13-18-14-23(33-3)24(34-4)15-20(18)25(30-31(16)26(32)28-2)17-9-11-19(12-10-17)29-22-8-6-5-7-21(22)27/h5-12,14-16,29H,13H2,1-4H3,(H,28,32)/t16-/m0/s1. The Morgan fingerprint density at radius 3 is 2.38 bits per heavy atom. The summed E-state index contributed by atoms with van der Waals surface area (Å²) in [5, 5.41) is 12.0. The van der Waals surface area contributed by atoms with Crippen molar-refractivity contribution in [2.45, 2.75) is 19.4 Å². The molecule has 0 aliphatic carbocycles. The highest BCUT2D eigenvalue weighted by molar-refractivity contribution is 6.14. The van der Waals surface area contributed by atoms with Gasteiger partial charge in [0, 0.05) is 23.9 Å². The van der Waals surface area contributed by atoms with E-state index in [4.69, 9.17) is 14.6 Å². The molecule has 8 heteroatoms. The number of nitrogens with one attached hydrogen (secondary N) is 2. The van der Waals surface area contributed by atoms with Crippen LogP contribution in [0.2, 0.25) is 0 Å². The lowest BCUT2D eigenvalue weighted by atomic mass is 9.94. The molecule has 3 aromatic rings. The molecule has 0 saturated carbocycles. The lowest BCUT2D eigenvalue weighted by Gasteiger charge is -2.22. The van der Waals surface area contributed by atoms with Gasteiger partial charge in [0.15, 0.2) is 11.5 Å². The topological polar surface area (TPSA) is 75.2 Å². The lowest BCUT2D eigenvalue weighted by Crippen LogP contribution is -2.41. The van der Waals surface area contributed by atoms with Crippen LogP contribution in [-0.4, -0.2) is 44.1 Å². The molecule has 1 atom stereocenters. The van der Waals surface area contributed by atoms with Crippen LogP contribution in [0.25, 0.3) is 0 Å². The van der Waals surface area contributed by atoms with Gasteiger partial charge in [0.1, 0.15) is 5.82 Å². The zero-order chi connectivity index (χ0) is 24.2. The van der Waals surface area contributed by atoms with Crippen LogP contribution in [0, 0.1) is 5.82 Å². The molecule has 7 nitrogen and oxygen atoms in total. The van der Waals surface area contributed by atoms with Crippen LogP contribution in [0.3, 0.4) is 0 Å². The first-order valence-corrected chi connectivity index (χ1v) is 10.9. The fraction of sp³-hybridized carbons (Fsp3) is 0.231. The summed E-state index contributed by atoms with van der Waals surface area (Å²) in [6.45, 7) is 1.95. The van der Waals surface area contributed by atoms with Gasteiger partial charge in [-0.05, 0) is 55.3 Å². The number of hydrogen-bond acceptors (Lipinski definition) is 5. The summed E-state index contributed by atoms with van der Waals surface area (Å²) >= 11 is 0. The normalized spacial score (nSPS) is 15.0. The second-order valence-electron chi connectivity index (χ2n) is 7.95. The summed E-state index contributed by atoms with van der Waals surface area (Å²) in [6, 6.07) is 17.3. The monoisotopic (exact) mass is 462 g/mol. The van der Waals surface area contributed by atoms with Crippen molar-refractivity contribution in [2.75, 3.05) is 26.6 Å². The molecule has 0 unspecified atom stereocenters. The largest absolute Gasteiger partial charge is 0.493 e. The summed E-state index contributed by atoms with van der Waals surface area (Å²) in [4.78, 5) is 12.6. The van der Waals surface area contributed by atoms with Gasteiger partial charge < -0.3 is 20.1 Å². The molecule has 2 N–H and O–H groups in total. The zero-order valence-electron chi connectivity index (χ0n) is 19.6. The summed E-state index contributed by atoms with van der Waals surface area (Å²) < 4.78 is 25.1. The molecule has 2 amide bonds. The van der Waals surface area contributed by atoms with E-state index in [0.29, 0.717) is 29.3 Å². The molecule has 0 bridgehead atoms. The Balaban J connectivity index is 1.78. The molecule has 176 valence electrons. The van der Waals surface area contributed by atoms with E-state index in [0.717, 1.165) is 22.4 Å². The Morgan fingerprint density at radius 2 is 1.74 bits per heavy atom. The van der Waals surface area contributed by atoms with E-state index in [9.17, 15) is 9.18 Å². The van der Waals surface area contributed by atoms with E-state index in [2.05, 4.69) is 10.6 Å². The van der Waals surface area contributed by atoms with E-state index in [-0.39, 0.29) is 17.9 Å². The van der Waals surface area contributed by atoms with Crippen LogP contribution in [0.4, 0.5) is 20.6 Å². The van der Waals surface area contributed by atoms with Crippen molar-refractivity contribution in [3.8, 4) is 11.5 Å². The minimum Gasteiger partial charge on any atom is -0.493 e. The SMILES string of the molecule is CNC(=O)N1N=C(c2ccc(Nc3ccccc3F)cc2)c2cc(OC)c(OC)cc2C[C@@H]1C. The maximum atomic E-state index is 14.0. The number of urea groups is 1. The van der Waals surface area contributed by atoms with Gasteiger partial charge in [-0.2, -0.15) is 5.10 Å². The van der Waals surface area contributed by atoms with Gasteiger partial charge in [-0.1, -0.05) is 24.3 Å². The van der Waals surface area contributed by atoms with E-state index < -0.39 is 0 Å². The third-order valence-corrected chi connectivity index (χ3v) is 5.74. The third kappa shape index (κ3) is 4.52. The van der Waals surface area contributed by atoms with Gasteiger partial charge in [0.05, 0.1) is 31.7 Å². The number of hydrazone groups is 1. The molecule has 1 aliphatic heterocycles. The minimum atomic E-state index is -0.329. The van der Waals surface area contributed by atoms with Gasteiger partial charge in [0.2, 0.25) is 0 Å². The fourth-order valence-electron chi connectivity index (χ4n) is 3.98. The van der Waals surface area contributed by atoms with E-state index in [1.807, 2.05) is 43.3 Å². The van der Waals surface area contributed by atoms with E-state index in [1.54, 1.807) is 39.5 Å². The molecule has 34 heavy (non-hydrogen) atoms. The van der Waals surface area contributed by atoms with Crippen LogP contribution in [0.5, 0.6) is 11.5 Å². The number of rotatable bonds is 5. The Hall–Kier alpha value is -4.07. The quantitative estimate of drug-likeness (QED) is 0.564. The number of methoxy groups -OCH3 is 2. The van der Waals surface area contributed by atoms with Gasteiger partial charge in [-0.3, -0.25) is 0 Å². The second-order valence-corrected chi connectivity index (χ2v) is 7.95. The molecule has 0 fully saturated rings. The highest BCUT2D eigenvalue weighted by Gasteiger charge is 2.28. The Morgan fingerprint density at radius 1 is 1.06 bits per heavy atom. The van der Waals surface area contributed by atoms with Crippen molar-refractivity contribution in [1.82, 2.24) is 10.3 Å². The average molecular weight is 463 g/mol. The summed E-state index contributed by atoms with van der Waals surface area (Å²) in [5.41, 5.74) is 4.39. The van der Waals surface area contributed by atoms with Crippen molar-refractivity contribution in [3.63, 3.8) is 0 Å². The second kappa shape index (κ2) is 9.82. The predicted octanol–water partition coefficient (Wildman–Crippen LogP) is 4.92. The number of para-hydroxylation sites is 1. The van der Waals surface area contributed by atoms with Crippen molar-refractivity contribution < 1.29 is 18.7 Å². The molecular weight excluding hydrogens is 435 g/mol. The van der Waals surface area contributed by atoms with Gasteiger partial charge in [-0.25, -0.2) is 14.2 Å². The minimum absolute atomic E-state index is 0.184. The first-order valence-electron chi connectivity index (χ1n) is 10.9. The number of anilines is 2. The van der Waals surface area contributed by atoms with E-state index >= 15 is 0 Å². The number of carbonyl (C=O) groups excluding carboxylic acids is 1. The van der Waals surface area contributed by atoms with Gasteiger partial charge >= 0.3 is 6.03 Å². The van der Waals surface area contributed by atoms with Gasteiger partial charge in [-0.15, -0.1) is 0 Å². The number of ether oxygens (including phenoxy) is 2. The highest BCUT2D eigenvalue weighted by Crippen LogP contribution is 2.35. The van der Waals surface area contributed by atoms with Crippen LogP contribution in [0.1, 0.15) is 23.6 Å². The maximum absolute atomic E-state index is 14.0. The molecule has 4 rings (SSSR count). The molecular formula is C26H27FN4O3. The Labute approximate surface area is 198 Å². The molecule has 3 aromatic carbocycles. The molecule has 0 saturated heterocycles. The number of nitrogens with zero attached hydrogens (tertiary/aromatic N) is 2. The number of halogens is 1. The fourth-order valence-corrected chi connectivity index (χ4v) is 3.98. The molecule has 0 spiro atoms. The number of hydrogen-bond donors (Lipinski definition) is 2. The number of carbonyl (C=O) groups is 1. The van der Waals surface area contributed by atoms with Crippen LogP contribution in [-0.2, 0) is 6.42 Å². The van der Waals surface area contributed by atoms with Crippen LogP contribution >= 0.6 is 0 Å². The maximum Gasteiger partial charge on any atom is 0.337 e. The Bertz CT molecular complexity index is 1230. The summed E-state index contributed by atoms with van der Waals surface area (Å²) in [5.74, 6) is 0.864. The third-order valence-electron chi connectivity index (χ3n) is 5.74. The van der Waals surface area contributed by atoms with Crippen molar-refractivity contribution in [1.29, 1.82) is 0 Å². The highest BCUT2D eigenvalue weighted by atomic mass is 19.1. The lowest BCUT2D eigenvalue weighted by molar-refractivity contribution is 0.184. The van der Waals surface area contributed by atoms with Crippen LogP contribution < -0.4 is 20.1 Å². The summed E-state index contributed by atoms with van der Waals surface area (Å²) in [7, 11) is 4.76. The molecule has 1 heterocycles. The van der Waals surface area contributed by atoms with Crippen molar-refractivity contribution in [3.05, 3.63) is 83.2 Å². The first-order chi connectivity index (χ1) is 16.4. The number of benzene rings is 3. The van der Waals surface area contributed by atoms with Gasteiger partial charge in [0.25, 0.3) is 0 Å². The predicted molar refractivity (Wildman–Crippen MR) is 131 cm³/mol. The first kappa shape index (κ1) is 23.1. The molecule has 1 aliphatic rings. The Kier molecular flexibility index (Phi) is 6.67. The smallest absolute Gasteiger partial charge is 0.337 e. The van der Waals surface area contributed by atoms with Crippen molar-refractivity contribution in [2.24, 2.45) is 5.10 Å². The average Bonchev–Trinajstić information content (AvgIpc) is 3.00. The number of amides is 2. The zero-order valence-corrected chi connectivity index (χ0v) is 19.6. The van der Waals surface area contributed by atoms with Crippen molar-refractivity contribution >= 4 is 23.1 Å². The molecule has 0 aromatic heterocycles. The van der Waals surface area contributed by atoms with Crippen LogP contribution in [0.15, 0.2) is 65.8 Å². The molecule has 0 radical (unpaired) electrons.